The highest BCUT2D eigenvalue weighted by Crippen LogP contribution is 2.34. The molecular formula is C41H39N3. The number of aromatic nitrogens is 1. The van der Waals surface area contributed by atoms with E-state index < -0.39 is 0 Å². The number of hydrogen-bond acceptors (Lipinski definition) is 2. The Balaban J connectivity index is 0.000000117. The molecule has 0 aliphatic carbocycles. The Labute approximate surface area is 261 Å². The fraction of sp³-hybridized carbons (Fsp3) is 0.122. The summed E-state index contributed by atoms with van der Waals surface area (Å²) in [6.45, 7) is 0. The predicted octanol–water partition coefficient (Wildman–Crippen LogP) is 10.3. The van der Waals surface area contributed by atoms with E-state index in [0.29, 0.717) is 0 Å². The van der Waals surface area contributed by atoms with Gasteiger partial charge in [0.25, 0.3) is 0 Å². The maximum absolute atomic E-state index is 2.30. The van der Waals surface area contributed by atoms with Gasteiger partial charge in [-0.1, -0.05) is 109 Å². The standard InChI is InChI=1S/C15H15N.C13H11N.C13H13N/c1-16-14-8-4-2-6-12(14)10-11-13-7-3-5-9-15(13)16;1-14-12-8-4-2-6-10(12)11-7-3-5-9-13(11)14;1-14(12-8-4-2-5-9-12)13-10-6-3-7-11-13/h2-9H,10-11H2,1H3;2-9H,1H3;2-11H,1H3. The number of para-hydroxylation sites is 6. The van der Waals surface area contributed by atoms with Crippen molar-refractivity contribution in [2.45, 2.75) is 12.8 Å². The maximum atomic E-state index is 2.30. The molecular weight excluding hydrogens is 534 g/mol. The SMILES string of the molecule is CN(c1ccccc1)c1ccccc1.CN1c2ccccc2CCc2ccccc21.Cn1c2ccccc2c2ccccc21. The summed E-state index contributed by atoms with van der Waals surface area (Å²) < 4.78 is 2.24. The Morgan fingerprint density at radius 2 is 0.795 bits per heavy atom. The van der Waals surface area contributed by atoms with Crippen LogP contribution in [0, 0.1) is 0 Å². The van der Waals surface area contributed by atoms with Crippen LogP contribution in [0.2, 0.25) is 0 Å². The second kappa shape index (κ2) is 13.4. The molecule has 0 saturated heterocycles. The van der Waals surface area contributed by atoms with Crippen molar-refractivity contribution in [3.05, 3.63) is 169 Å². The van der Waals surface area contributed by atoms with E-state index in [9.17, 15) is 0 Å². The number of hydrogen-bond donors (Lipinski definition) is 0. The maximum Gasteiger partial charge on any atom is 0.0488 e. The van der Waals surface area contributed by atoms with Crippen molar-refractivity contribution in [3.8, 4) is 0 Å². The number of nitrogens with zero attached hydrogens (tertiary/aromatic N) is 3. The minimum absolute atomic E-state index is 1.14. The number of anilines is 4. The van der Waals surface area contributed by atoms with Crippen molar-refractivity contribution in [2.75, 3.05) is 23.9 Å². The van der Waals surface area contributed by atoms with Gasteiger partial charge in [0.05, 0.1) is 0 Å². The Kier molecular flexibility index (Phi) is 8.75. The smallest absolute Gasteiger partial charge is 0.0488 e. The number of fused-ring (bicyclic) bond motifs is 5. The van der Waals surface area contributed by atoms with Crippen molar-refractivity contribution in [1.29, 1.82) is 0 Å². The van der Waals surface area contributed by atoms with Crippen LogP contribution in [-0.2, 0) is 19.9 Å². The Morgan fingerprint density at radius 3 is 1.25 bits per heavy atom. The first kappa shape index (κ1) is 28.8. The topological polar surface area (TPSA) is 11.4 Å². The molecule has 3 heteroatoms. The van der Waals surface area contributed by atoms with E-state index in [1.54, 1.807) is 0 Å². The molecule has 0 atom stereocenters. The van der Waals surface area contributed by atoms with Gasteiger partial charge < -0.3 is 14.4 Å². The molecule has 0 amide bonds. The van der Waals surface area contributed by atoms with Gasteiger partial charge in [0.1, 0.15) is 0 Å². The summed E-state index contributed by atoms with van der Waals surface area (Å²) in [7, 11) is 6.35. The molecule has 8 rings (SSSR count). The first-order valence-corrected chi connectivity index (χ1v) is 15.3. The highest BCUT2D eigenvalue weighted by Gasteiger charge is 2.16. The molecule has 3 nitrogen and oxygen atoms in total. The molecule has 0 fully saturated rings. The van der Waals surface area contributed by atoms with Gasteiger partial charge in [0.15, 0.2) is 0 Å². The second-order valence-electron chi connectivity index (χ2n) is 11.1. The van der Waals surface area contributed by atoms with Gasteiger partial charge >= 0.3 is 0 Å². The van der Waals surface area contributed by atoms with Gasteiger partial charge in [-0.15, -0.1) is 0 Å². The lowest BCUT2D eigenvalue weighted by Crippen LogP contribution is -2.10. The second-order valence-corrected chi connectivity index (χ2v) is 11.1. The quantitative estimate of drug-likeness (QED) is 0.204. The third-order valence-electron chi connectivity index (χ3n) is 8.48. The van der Waals surface area contributed by atoms with Gasteiger partial charge in [-0.2, -0.15) is 0 Å². The van der Waals surface area contributed by atoms with Crippen LogP contribution >= 0.6 is 0 Å². The van der Waals surface area contributed by atoms with E-state index in [4.69, 9.17) is 0 Å². The van der Waals surface area contributed by atoms with Crippen LogP contribution in [0.15, 0.2) is 158 Å². The molecule has 1 aromatic heterocycles. The van der Waals surface area contributed by atoms with Crippen LogP contribution in [0.3, 0.4) is 0 Å². The van der Waals surface area contributed by atoms with Crippen LogP contribution in [-0.4, -0.2) is 18.7 Å². The zero-order valence-electron chi connectivity index (χ0n) is 25.8. The largest absolute Gasteiger partial charge is 0.345 e. The minimum atomic E-state index is 1.14. The Hall–Kier alpha value is -5.28. The molecule has 6 aromatic carbocycles. The van der Waals surface area contributed by atoms with Crippen LogP contribution in [0.1, 0.15) is 11.1 Å². The molecule has 0 N–H and O–H groups in total. The van der Waals surface area contributed by atoms with Crippen molar-refractivity contribution in [1.82, 2.24) is 4.57 Å². The Morgan fingerprint density at radius 1 is 0.432 bits per heavy atom. The van der Waals surface area contributed by atoms with Gasteiger partial charge in [-0.3, -0.25) is 0 Å². The molecule has 1 aliphatic rings. The summed E-state index contributed by atoms with van der Waals surface area (Å²) >= 11 is 0. The molecule has 7 aromatic rings. The number of aryl methyl sites for hydroxylation is 3. The first-order valence-electron chi connectivity index (χ1n) is 15.3. The molecule has 0 spiro atoms. The molecule has 0 radical (unpaired) electrons. The van der Waals surface area contributed by atoms with E-state index in [1.807, 2.05) is 12.1 Å². The van der Waals surface area contributed by atoms with Gasteiger partial charge in [0, 0.05) is 65.7 Å². The summed E-state index contributed by atoms with van der Waals surface area (Å²) in [4.78, 5) is 4.47. The lowest BCUT2D eigenvalue weighted by molar-refractivity contribution is 0.977. The summed E-state index contributed by atoms with van der Waals surface area (Å²) in [5.41, 5.74) is 10.6. The van der Waals surface area contributed by atoms with Crippen LogP contribution < -0.4 is 9.80 Å². The monoisotopic (exact) mass is 573 g/mol. The summed E-state index contributed by atoms with van der Waals surface area (Å²) in [5, 5.41) is 2.68. The van der Waals surface area contributed by atoms with Crippen molar-refractivity contribution in [2.24, 2.45) is 7.05 Å². The van der Waals surface area contributed by atoms with Gasteiger partial charge in [-0.25, -0.2) is 0 Å². The Bertz CT molecular complexity index is 1820. The minimum Gasteiger partial charge on any atom is -0.345 e. The number of benzene rings is 6. The van der Waals surface area contributed by atoms with Crippen molar-refractivity contribution < 1.29 is 0 Å². The third-order valence-corrected chi connectivity index (χ3v) is 8.48. The van der Waals surface area contributed by atoms with E-state index in [1.165, 1.54) is 55.7 Å². The summed E-state index contributed by atoms with van der Waals surface area (Å²) in [6, 6.07) is 55.1. The molecule has 0 bridgehead atoms. The van der Waals surface area contributed by atoms with Crippen LogP contribution in [0.4, 0.5) is 22.7 Å². The van der Waals surface area contributed by atoms with Crippen LogP contribution in [0.5, 0.6) is 0 Å². The third kappa shape index (κ3) is 6.09. The van der Waals surface area contributed by atoms with Gasteiger partial charge in [0.2, 0.25) is 0 Å². The summed E-state index contributed by atoms with van der Waals surface area (Å²) in [6.07, 6.45) is 2.27. The van der Waals surface area contributed by atoms with E-state index in [-0.39, 0.29) is 0 Å². The molecule has 0 unspecified atom stereocenters. The van der Waals surface area contributed by atoms with Crippen molar-refractivity contribution in [3.63, 3.8) is 0 Å². The van der Waals surface area contributed by atoms with Crippen LogP contribution in [0.25, 0.3) is 21.8 Å². The normalized spacial score (nSPS) is 11.8. The molecule has 1 aliphatic heterocycles. The lowest BCUT2D eigenvalue weighted by atomic mass is 10.0. The fourth-order valence-electron chi connectivity index (χ4n) is 6.07. The zero-order chi connectivity index (χ0) is 30.3. The molecule has 2 heterocycles. The lowest BCUT2D eigenvalue weighted by Gasteiger charge is -2.21. The van der Waals surface area contributed by atoms with E-state index >= 15 is 0 Å². The van der Waals surface area contributed by atoms with Crippen molar-refractivity contribution >= 4 is 44.6 Å². The first-order chi connectivity index (χ1) is 21.6. The predicted molar refractivity (Wildman–Crippen MR) is 190 cm³/mol. The van der Waals surface area contributed by atoms with E-state index in [0.717, 1.165) is 12.8 Å². The highest BCUT2D eigenvalue weighted by atomic mass is 15.1. The molecule has 218 valence electrons. The highest BCUT2D eigenvalue weighted by molar-refractivity contribution is 6.07. The summed E-state index contributed by atoms with van der Waals surface area (Å²) in [5.74, 6) is 0. The average molecular weight is 574 g/mol. The van der Waals surface area contributed by atoms with E-state index in [2.05, 4.69) is 181 Å². The number of rotatable bonds is 2. The molecule has 44 heavy (non-hydrogen) atoms. The zero-order valence-corrected chi connectivity index (χ0v) is 25.8. The fourth-order valence-corrected chi connectivity index (χ4v) is 6.07. The van der Waals surface area contributed by atoms with Gasteiger partial charge in [-0.05, 0) is 72.5 Å². The average Bonchev–Trinajstić information content (AvgIpc) is 3.31. The molecule has 0 saturated carbocycles.